The van der Waals surface area contributed by atoms with Crippen LogP contribution in [0.1, 0.15) is 19.8 Å². The molecule has 0 saturated carbocycles. The lowest BCUT2D eigenvalue weighted by molar-refractivity contribution is 0.211. The van der Waals surface area contributed by atoms with E-state index in [1.54, 1.807) is 15.8 Å². The zero-order valence-electron chi connectivity index (χ0n) is 10.6. The quantitative estimate of drug-likeness (QED) is 0.864. The van der Waals surface area contributed by atoms with Gasteiger partial charge in [-0.15, -0.1) is 23.7 Å². The van der Waals surface area contributed by atoms with E-state index in [1.165, 1.54) is 11.3 Å². The number of hydrogen-bond acceptors (Lipinski definition) is 4. The minimum atomic E-state index is -3.41. The molecular formula is C11H18BrClN2O2S2. The summed E-state index contributed by atoms with van der Waals surface area (Å²) in [5, 5.41) is 1.78. The van der Waals surface area contributed by atoms with Crippen molar-refractivity contribution in [3.8, 4) is 0 Å². The molecule has 0 aromatic carbocycles. The van der Waals surface area contributed by atoms with Gasteiger partial charge in [-0.05, 0) is 46.1 Å². The highest BCUT2D eigenvalue weighted by Gasteiger charge is 2.36. The number of nitrogens with zero attached hydrogens (tertiary/aromatic N) is 1. The van der Waals surface area contributed by atoms with Crippen molar-refractivity contribution in [3.05, 3.63) is 15.9 Å². The zero-order chi connectivity index (χ0) is 13.3. The van der Waals surface area contributed by atoms with Crippen molar-refractivity contribution in [1.29, 1.82) is 0 Å². The van der Waals surface area contributed by atoms with Crippen molar-refractivity contribution < 1.29 is 8.42 Å². The van der Waals surface area contributed by atoms with Gasteiger partial charge in [-0.2, -0.15) is 4.31 Å². The van der Waals surface area contributed by atoms with Crippen molar-refractivity contribution in [1.82, 2.24) is 4.31 Å². The van der Waals surface area contributed by atoms with Gasteiger partial charge in [-0.3, -0.25) is 0 Å². The fourth-order valence-electron chi connectivity index (χ4n) is 2.33. The van der Waals surface area contributed by atoms with Crippen LogP contribution in [0.4, 0.5) is 0 Å². The van der Waals surface area contributed by atoms with E-state index >= 15 is 0 Å². The van der Waals surface area contributed by atoms with E-state index in [1.807, 2.05) is 0 Å². The van der Waals surface area contributed by atoms with E-state index in [9.17, 15) is 8.42 Å². The highest BCUT2D eigenvalue weighted by Crippen LogP contribution is 2.34. The second-order valence-corrected chi connectivity index (χ2v) is 8.55. The maximum atomic E-state index is 12.6. The van der Waals surface area contributed by atoms with Crippen molar-refractivity contribution in [3.63, 3.8) is 0 Å². The molecule has 110 valence electrons. The molecular weight excluding hydrogens is 372 g/mol. The summed E-state index contributed by atoms with van der Waals surface area (Å²) in [7, 11) is -3.41. The Morgan fingerprint density at radius 1 is 1.58 bits per heavy atom. The van der Waals surface area contributed by atoms with Crippen molar-refractivity contribution >= 4 is 49.7 Å². The molecule has 0 radical (unpaired) electrons. The summed E-state index contributed by atoms with van der Waals surface area (Å²) in [6.45, 7) is 3.09. The average Bonchev–Trinajstić information content (AvgIpc) is 2.75. The molecule has 2 atom stereocenters. The lowest BCUT2D eigenvalue weighted by Crippen LogP contribution is -2.48. The Balaban J connectivity index is 0.00000180. The van der Waals surface area contributed by atoms with Gasteiger partial charge in [0.15, 0.2) is 0 Å². The SMILES string of the molecule is CC1CCN(S(=O)(=O)c2sccc2Br)C(CN)C1.Cl. The van der Waals surface area contributed by atoms with Gasteiger partial charge in [0.05, 0.1) is 0 Å². The van der Waals surface area contributed by atoms with E-state index in [4.69, 9.17) is 5.73 Å². The number of sulfonamides is 1. The Morgan fingerprint density at radius 2 is 2.26 bits per heavy atom. The molecule has 2 rings (SSSR count). The van der Waals surface area contributed by atoms with Crippen LogP contribution >= 0.6 is 39.7 Å². The molecule has 8 heteroatoms. The summed E-state index contributed by atoms with van der Waals surface area (Å²) in [6.07, 6.45) is 1.75. The molecule has 2 N–H and O–H groups in total. The van der Waals surface area contributed by atoms with Crippen LogP contribution in [0.2, 0.25) is 0 Å². The molecule has 2 heterocycles. The smallest absolute Gasteiger partial charge is 0.253 e. The van der Waals surface area contributed by atoms with E-state index in [0.29, 0.717) is 27.7 Å². The molecule has 1 saturated heterocycles. The van der Waals surface area contributed by atoms with Crippen molar-refractivity contribution in [2.24, 2.45) is 11.7 Å². The van der Waals surface area contributed by atoms with Gasteiger partial charge in [0.1, 0.15) is 4.21 Å². The third-order valence-corrected chi connectivity index (χ3v) is 7.92. The van der Waals surface area contributed by atoms with Crippen LogP contribution in [0, 0.1) is 5.92 Å². The van der Waals surface area contributed by atoms with Crippen LogP contribution in [0.15, 0.2) is 20.1 Å². The van der Waals surface area contributed by atoms with Gasteiger partial charge < -0.3 is 5.73 Å². The number of piperidine rings is 1. The molecule has 19 heavy (non-hydrogen) atoms. The molecule has 0 spiro atoms. The van der Waals surface area contributed by atoms with Crippen LogP contribution in [0.25, 0.3) is 0 Å². The van der Waals surface area contributed by atoms with Crippen LogP contribution in [0.3, 0.4) is 0 Å². The Morgan fingerprint density at radius 3 is 2.79 bits per heavy atom. The molecule has 1 aliphatic heterocycles. The summed E-state index contributed by atoms with van der Waals surface area (Å²) >= 11 is 4.54. The fraction of sp³-hybridized carbons (Fsp3) is 0.636. The second kappa shape index (κ2) is 6.87. The van der Waals surface area contributed by atoms with Gasteiger partial charge in [0, 0.05) is 23.6 Å². The first-order valence-corrected chi connectivity index (χ1v) is 9.03. The monoisotopic (exact) mass is 388 g/mol. The maximum Gasteiger partial charge on any atom is 0.253 e. The number of hydrogen-bond donors (Lipinski definition) is 1. The van der Waals surface area contributed by atoms with E-state index in [0.717, 1.165) is 12.8 Å². The third-order valence-electron chi connectivity index (χ3n) is 3.32. The predicted molar refractivity (Wildman–Crippen MR) is 84.4 cm³/mol. The number of halogens is 2. The molecule has 1 aromatic rings. The first-order valence-electron chi connectivity index (χ1n) is 5.91. The molecule has 1 aromatic heterocycles. The summed E-state index contributed by atoms with van der Waals surface area (Å²) in [6, 6.07) is 1.69. The lowest BCUT2D eigenvalue weighted by atomic mass is 9.94. The van der Waals surface area contributed by atoms with Gasteiger partial charge in [-0.25, -0.2) is 8.42 Å². The first-order chi connectivity index (χ1) is 8.46. The van der Waals surface area contributed by atoms with Crippen molar-refractivity contribution in [2.75, 3.05) is 13.1 Å². The van der Waals surface area contributed by atoms with Crippen LogP contribution in [-0.2, 0) is 10.0 Å². The topological polar surface area (TPSA) is 63.4 Å². The van der Waals surface area contributed by atoms with Crippen LogP contribution < -0.4 is 5.73 Å². The van der Waals surface area contributed by atoms with Gasteiger partial charge in [0.2, 0.25) is 0 Å². The lowest BCUT2D eigenvalue weighted by Gasteiger charge is -2.36. The van der Waals surface area contributed by atoms with Crippen LogP contribution in [-0.4, -0.2) is 31.9 Å². The molecule has 2 unspecified atom stereocenters. The number of rotatable bonds is 3. The fourth-order valence-corrected chi connectivity index (χ4v) is 6.42. The summed E-state index contributed by atoms with van der Waals surface area (Å²) in [5.74, 6) is 0.539. The standard InChI is InChI=1S/C11H17BrN2O2S2.ClH/c1-8-2-4-14(9(6-8)7-13)18(15,16)11-10(12)3-5-17-11;/h3,5,8-9H,2,4,6-7,13H2,1H3;1H. The van der Waals surface area contributed by atoms with Gasteiger partial charge >= 0.3 is 0 Å². The van der Waals surface area contributed by atoms with Crippen LogP contribution in [0.5, 0.6) is 0 Å². The van der Waals surface area contributed by atoms with E-state index in [2.05, 4.69) is 22.9 Å². The average molecular weight is 390 g/mol. The third kappa shape index (κ3) is 3.51. The minimum absolute atomic E-state index is 0. The largest absolute Gasteiger partial charge is 0.329 e. The summed E-state index contributed by atoms with van der Waals surface area (Å²) in [5.41, 5.74) is 5.73. The van der Waals surface area contributed by atoms with Crippen molar-refractivity contribution in [2.45, 2.75) is 30.0 Å². The minimum Gasteiger partial charge on any atom is -0.329 e. The Bertz CT molecular complexity index is 521. The molecule has 0 amide bonds. The molecule has 0 bridgehead atoms. The molecule has 1 fully saturated rings. The van der Waals surface area contributed by atoms with E-state index < -0.39 is 10.0 Å². The zero-order valence-corrected chi connectivity index (χ0v) is 14.6. The Labute approximate surface area is 133 Å². The normalized spacial score (nSPS) is 25.0. The van der Waals surface area contributed by atoms with E-state index in [-0.39, 0.29) is 18.4 Å². The molecule has 0 aliphatic carbocycles. The Kier molecular flexibility index (Phi) is 6.28. The predicted octanol–water partition coefficient (Wildman–Crippen LogP) is 2.68. The summed E-state index contributed by atoms with van der Waals surface area (Å²) < 4.78 is 27.8. The number of thiophene rings is 1. The van der Waals surface area contributed by atoms with Gasteiger partial charge in [-0.1, -0.05) is 6.92 Å². The molecule has 4 nitrogen and oxygen atoms in total. The summed E-state index contributed by atoms with van der Waals surface area (Å²) in [4.78, 5) is 0. The first kappa shape index (κ1) is 17.4. The Hall–Kier alpha value is 0.340. The highest BCUT2D eigenvalue weighted by molar-refractivity contribution is 9.10. The highest BCUT2D eigenvalue weighted by atomic mass is 79.9. The maximum absolute atomic E-state index is 12.6. The molecule has 1 aliphatic rings. The number of nitrogens with two attached hydrogens (primary N) is 1. The second-order valence-electron chi connectivity index (χ2n) is 4.69. The van der Waals surface area contributed by atoms with Gasteiger partial charge in [0.25, 0.3) is 10.0 Å².